The van der Waals surface area contributed by atoms with Gasteiger partial charge in [-0.1, -0.05) is 0 Å². The molecule has 0 bridgehead atoms. The molecule has 0 unspecified atom stereocenters. The van der Waals surface area contributed by atoms with Gasteiger partial charge in [0.2, 0.25) is 11.7 Å². The molecule has 2 aromatic heterocycles. The Morgan fingerprint density at radius 1 is 1.45 bits per heavy atom. The predicted molar refractivity (Wildman–Crippen MR) is 86.0 cm³/mol. The number of nitrogens with one attached hydrogen (secondary N) is 1. The number of halogens is 2. The summed E-state index contributed by atoms with van der Waals surface area (Å²) in [6.07, 6.45) is 5.74. The maximum Gasteiger partial charge on any atom is 0.233 e. The summed E-state index contributed by atoms with van der Waals surface area (Å²) in [5, 5.41) is 12.4. The van der Waals surface area contributed by atoms with Gasteiger partial charge in [-0.25, -0.2) is 9.97 Å². The molecule has 9 heteroatoms. The van der Waals surface area contributed by atoms with Gasteiger partial charge >= 0.3 is 0 Å². The van der Waals surface area contributed by atoms with Crippen LogP contribution in [0.1, 0.15) is 18.5 Å². The first-order valence-corrected chi connectivity index (χ1v) is 6.63. The van der Waals surface area contributed by atoms with Crippen molar-refractivity contribution in [1.82, 2.24) is 19.7 Å². The summed E-state index contributed by atoms with van der Waals surface area (Å²) in [6.45, 7) is 0.351. The molecular formula is C13H19Cl2N5O2. The van der Waals surface area contributed by atoms with Crippen molar-refractivity contribution in [3.8, 4) is 0 Å². The highest BCUT2D eigenvalue weighted by Gasteiger charge is 2.34. The minimum atomic E-state index is -0.579. The lowest BCUT2D eigenvalue weighted by Crippen LogP contribution is -2.30. The van der Waals surface area contributed by atoms with E-state index in [1.54, 1.807) is 10.6 Å². The molecule has 0 aliphatic heterocycles. The molecule has 7 nitrogen and oxygen atoms in total. The Labute approximate surface area is 140 Å². The fraction of sp³-hybridized carbons (Fsp3) is 0.462. The molecule has 0 aromatic carbocycles. The highest BCUT2D eigenvalue weighted by atomic mass is 35.5. The molecule has 0 saturated heterocycles. The maximum absolute atomic E-state index is 12.0. The first-order valence-electron chi connectivity index (χ1n) is 6.63. The van der Waals surface area contributed by atoms with Gasteiger partial charge in [0.15, 0.2) is 0 Å². The van der Waals surface area contributed by atoms with E-state index in [0.717, 1.165) is 5.69 Å². The summed E-state index contributed by atoms with van der Waals surface area (Å²) in [6, 6.07) is 1.52. The van der Waals surface area contributed by atoms with E-state index in [0.29, 0.717) is 25.2 Å². The Kier molecular flexibility index (Phi) is 6.55. The summed E-state index contributed by atoms with van der Waals surface area (Å²) in [7, 11) is 0. The van der Waals surface area contributed by atoms with Gasteiger partial charge in [-0.2, -0.15) is 0 Å². The van der Waals surface area contributed by atoms with E-state index < -0.39 is 6.10 Å². The average molecular weight is 348 g/mol. The first kappa shape index (κ1) is 18.6. The average Bonchev–Trinajstić information content (AvgIpc) is 3.00. The highest BCUT2D eigenvalue weighted by Crippen LogP contribution is 2.24. The van der Waals surface area contributed by atoms with Crippen LogP contribution in [0.4, 0.5) is 0 Å². The van der Waals surface area contributed by atoms with E-state index in [1.165, 1.54) is 0 Å². The molecule has 122 valence electrons. The fourth-order valence-electron chi connectivity index (χ4n) is 2.55. The minimum absolute atomic E-state index is 0. The number of nitrogens with two attached hydrogens (primary N) is 1. The van der Waals surface area contributed by atoms with E-state index >= 15 is 0 Å². The number of amides is 1. The number of aromatic nitrogens is 3. The lowest BCUT2D eigenvalue weighted by Gasteiger charge is -2.09. The molecule has 0 radical (unpaired) electrons. The van der Waals surface area contributed by atoms with Crippen molar-refractivity contribution >= 4 is 36.5 Å². The topological polar surface area (TPSA) is 106 Å². The summed E-state index contributed by atoms with van der Waals surface area (Å²) < 4.78 is 1.80. The van der Waals surface area contributed by atoms with E-state index in [1.807, 2.05) is 18.5 Å². The van der Waals surface area contributed by atoms with E-state index in [2.05, 4.69) is 15.3 Å². The standard InChI is InChI=1S/C13H17N5O2.2ClH/c14-10-4-8(5-11(10)19)12(20)16-6-9-7-18-3-1-2-15-13(18)17-9;;/h1-3,7-8,10-11,19H,4-6,14H2,(H,16,20);2*1H/t8-,10+,11+;;/m0../s1. The zero-order chi connectivity index (χ0) is 14.1. The van der Waals surface area contributed by atoms with Gasteiger partial charge in [-0.15, -0.1) is 24.8 Å². The molecule has 22 heavy (non-hydrogen) atoms. The third-order valence-electron chi connectivity index (χ3n) is 3.68. The number of hydrogen-bond donors (Lipinski definition) is 3. The van der Waals surface area contributed by atoms with Crippen LogP contribution < -0.4 is 11.1 Å². The minimum Gasteiger partial charge on any atom is -0.391 e. The number of fused-ring (bicyclic) bond motifs is 1. The number of nitrogens with zero attached hydrogens (tertiary/aromatic N) is 3. The molecule has 0 spiro atoms. The Morgan fingerprint density at radius 3 is 2.86 bits per heavy atom. The second-order valence-electron chi connectivity index (χ2n) is 5.18. The van der Waals surface area contributed by atoms with Crippen LogP contribution in [0.3, 0.4) is 0 Å². The third kappa shape index (κ3) is 3.86. The molecular weight excluding hydrogens is 329 g/mol. The van der Waals surface area contributed by atoms with Crippen LogP contribution in [0.5, 0.6) is 0 Å². The number of aliphatic hydroxyl groups excluding tert-OH is 1. The van der Waals surface area contributed by atoms with Crippen molar-refractivity contribution in [2.24, 2.45) is 11.7 Å². The highest BCUT2D eigenvalue weighted by molar-refractivity contribution is 5.85. The van der Waals surface area contributed by atoms with Crippen molar-refractivity contribution in [1.29, 1.82) is 0 Å². The zero-order valence-electron chi connectivity index (χ0n) is 11.8. The third-order valence-corrected chi connectivity index (χ3v) is 3.68. The summed E-state index contributed by atoms with van der Waals surface area (Å²) in [5.74, 6) is 0.312. The lowest BCUT2D eigenvalue weighted by atomic mass is 10.1. The van der Waals surface area contributed by atoms with E-state index in [-0.39, 0.29) is 42.7 Å². The lowest BCUT2D eigenvalue weighted by molar-refractivity contribution is -0.125. The molecule has 4 N–H and O–H groups in total. The van der Waals surface area contributed by atoms with Gasteiger partial charge in [0.05, 0.1) is 18.3 Å². The SMILES string of the molecule is Cl.Cl.N[C@@H]1C[C@H](C(=O)NCc2cn3cccnc3n2)C[C@H]1O. The Balaban J connectivity index is 0.00000121. The summed E-state index contributed by atoms with van der Waals surface area (Å²) in [5.41, 5.74) is 6.46. The van der Waals surface area contributed by atoms with Crippen molar-refractivity contribution in [3.63, 3.8) is 0 Å². The fourth-order valence-corrected chi connectivity index (χ4v) is 2.55. The normalized spacial score (nSPS) is 23.6. The number of imidazole rings is 1. The first-order chi connectivity index (χ1) is 9.63. The smallest absolute Gasteiger partial charge is 0.233 e. The zero-order valence-corrected chi connectivity index (χ0v) is 13.4. The summed E-state index contributed by atoms with van der Waals surface area (Å²) >= 11 is 0. The van der Waals surface area contributed by atoms with Crippen molar-refractivity contribution < 1.29 is 9.90 Å². The van der Waals surface area contributed by atoms with Gasteiger partial charge in [0.1, 0.15) is 0 Å². The molecule has 2 heterocycles. The second-order valence-corrected chi connectivity index (χ2v) is 5.18. The Hall–Kier alpha value is -1.41. The number of rotatable bonds is 3. The molecule has 1 amide bonds. The molecule has 2 aromatic rings. The molecule has 1 aliphatic rings. The van der Waals surface area contributed by atoms with Crippen molar-refractivity contribution in [3.05, 3.63) is 30.4 Å². The van der Waals surface area contributed by atoms with Crippen LogP contribution in [-0.4, -0.2) is 37.5 Å². The van der Waals surface area contributed by atoms with Gasteiger partial charge in [-0.3, -0.25) is 9.20 Å². The quantitative estimate of drug-likeness (QED) is 0.739. The van der Waals surface area contributed by atoms with Crippen LogP contribution in [-0.2, 0) is 11.3 Å². The Morgan fingerprint density at radius 2 is 2.23 bits per heavy atom. The van der Waals surface area contributed by atoms with Crippen LogP contribution in [0, 0.1) is 5.92 Å². The second kappa shape index (κ2) is 7.73. The van der Waals surface area contributed by atoms with Gasteiger partial charge in [0.25, 0.3) is 0 Å². The number of carbonyl (C=O) groups is 1. The number of carbonyl (C=O) groups excluding carboxylic acids is 1. The largest absolute Gasteiger partial charge is 0.391 e. The molecule has 3 rings (SSSR count). The van der Waals surface area contributed by atoms with Crippen LogP contribution in [0.2, 0.25) is 0 Å². The monoisotopic (exact) mass is 347 g/mol. The molecule has 1 saturated carbocycles. The van der Waals surface area contributed by atoms with Crippen LogP contribution in [0.25, 0.3) is 5.78 Å². The predicted octanol–water partition coefficient (Wildman–Crippen LogP) is 0.287. The molecule has 1 aliphatic carbocycles. The molecule has 3 atom stereocenters. The number of aliphatic hydroxyl groups is 1. The van der Waals surface area contributed by atoms with Gasteiger partial charge < -0.3 is 16.2 Å². The van der Waals surface area contributed by atoms with Crippen molar-refractivity contribution in [2.75, 3.05) is 0 Å². The Bertz CT molecular complexity index is 593. The van der Waals surface area contributed by atoms with Crippen molar-refractivity contribution in [2.45, 2.75) is 31.5 Å². The van der Waals surface area contributed by atoms with Gasteiger partial charge in [-0.05, 0) is 18.9 Å². The number of hydrogen-bond acceptors (Lipinski definition) is 5. The van der Waals surface area contributed by atoms with E-state index in [4.69, 9.17) is 5.73 Å². The maximum atomic E-state index is 12.0. The van der Waals surface area contributed by atoms with E-state index in [9.17, 15) is 9.90 Å². The summed E-state index contributed by atoms with van der Waals surface area (Å²) in [4.78, 5) is 20.4. The van der Waals surface area contributed by atoms with Crippen LogP contribution in [0.15, 0.2) is 24.7 Å². The van der Waals surface area contributed by atoms with Gasteiger partial charge in [0, 0.05) is 30.6 Å². The molecule has 1 fully saturated rings. The van der Waals surface area contributed by atoms with Crippen LogP contribution >= 0.6 is 24.8 Å².